The van der Waals surface area contributed by atoms with Crippen molar-refractivity contribution in [1.29, 1.82) is 0 Å². The lowest BCUT2D eigenvalue weighted by atomic mass is 9.99. The fraction of sp³-hybridized carbons (Fsp3) is 0.571. The summed E-state index contributed by atoms with van der Waals surface area (Å²) in [6, 6.07) is 6.27. The molecule has 17 heavy (non-hydrogen) atoms. The monoisotopic (exact) mass is 234 g/mol. The molecule has 0 atom stereocenters. The lowest BCUT2D eigenvalue weighted by Gasteiger charge is -2.29. The Bertz CT molecular complexity index is 372. The van der Waals surface area contributed by atoms with E-state index in [2.05, 4.69) is 31.0 Å². The molecule has 94 valence electrons. The summed E-state index contributed by atoms with van der Waals surface area (Å²) in [5, 5.41) is 0. The summed E-state index contributed by atoms with van der Waals surface area (Å²) in [7, 11) is 2.12. The van der Waals surface area contributed by atoms with Gasteiger partial charge in [0.1, 0.15) is 0 Å². The zero-order valence-electron chi connectivity index (χ0n) is 10.8. The number of nitrogen functional groups attached to an aromatic ring is 1. The lowest BCUT2D eigenvalue weighted by molar-refractivity contribution is 0.0685. The van der Waals surface area contributed by atoms with Crippen molar-refractivity contribution in [3.8, 4) is 0 Å². The minimum Gasteiger partial charge on any atom is -0.397 e. The maximum absolute atomic E-state index is 6.06. The summed E-state index contributed by atoms with van der Waals surface area (Å²) >= 11 is 0. The Morgan fingerprint density at radius 1 is 1.35 bits per heavy atom. The molecule has 2 N–H and O–H groups in total. The van der Waals surface area contributed by atoms with Gasteiger partial charge in [-0.1, -0.05) is 6.07 Å². The van der Waals surface area contributed by atoms with Gasteiger partial charge in [-0.15, -0.1) is 0 Å². The van der Waals surface area contributed by atoms with Crippen LogP contribution in [0.4, 0.5) is 11.4 Å². The molecule has 1 aliphatic heterocycles. The Labute approximate surface area is 104 Å². The van der Waals surface area contributed by atoms with Gasteiger partial charge in [-0.2, -0.15) is 0 Å². The van der Waals surface area contributed by atoms with Gasteiger partial charge >= 0.3 is 0 Å². The molecule has 0 spiro atoms. The van der Waals surface area contributed by atoms with E-state index in [1.54, 1.807) is 0 Å². The molecule has 1 heterocycles. The van der Waals surface area contributed by atoms with Crippen molar-refractivity contribution in [2.24, 2.45) is 5.92 Å². The second kappa shape index (κ2) is 5.41. The number of nitrogens with zero attached hydrogens (tertiary/aromatic N) is 1. The van der Waals surface area contributed by atoms with E-state index in [0.717, 1.165) is 49.9 Å². The van der Waals surface area contributed by atoms with Crippen LogP contribution in [0.3, 0.4) is 0 Å². The van der Waals surface area contributed by atoms with Crippen LogP contribution in [0, 0.1) is 12.8 Å². The molecule has 0 radical (unpaired) electrons. The van der Waals surface area contributed by atoms with Crippen molar-refractivity contribution in [2.45, 2.75) is 19.8 Å². The largest absolute Gasteiger partial charge is 0.397 e. The number of nitrogens with two attached hydrogens (primary N) is 1. The van der Waals surface area contributed by atoms with E-state index in [-0.39, 0.29) is 0 Å². The van der Waals surface area contributed by atoms with Crippen molar-refractivity contribution >= 4 is 11.4 Å². The predicted molar refractivity (Wildman–Crippen MR) is 72.4 cm³/mol. The molecule has 1 saturated heterocycles. The van der Waals surface area contributed by atoms with Crippen LogP contribution >= 0.6 is 0 Å². The molecule has 3 heteroatoms. The molecule has 1 aromatic rings. The minimum absolute atomic E-state index is 0.731. The highest BCUT2D eigenvalue weighted by Gasteiger charge is 2.16. The van der Waals surface area contributed by atoms with E-state index in [1.165, 1.54) is 5.56 Å². The Balaban J connectivity index is 2.00. The maximum Gasteiger partial charge on any atom is 0.0597 e. The van der Waals surface area contributed by atoms with Crippen molar-refractivity contribution in [3.05, 3.63) is 23.8 Å². The molecule has 0 saturated carbocycles. The summed E-state index contributed by atoms with van der Waals surface area (Å²) < 4.78 is 5.38. The highest BCUT2D eigenvalue weighted by molar-refractivity contribution is 5.68. The standard InChI is InChI=1S/C14H22N2O/c1-11-3-4-14(13(15)9-11)16(2)10-12-5-7-17-8-6-12/h3-4,9,12H,5-8,10,15H2,1-2H3. The number of hydrogen-bond donors (Lipinski definition) is 1. The van der Waals surface area contributed by atoms with Gasteiger partial charge in [0.25, 0.3) is 0 Å². The molecule has 1 aliphatic rings. The van der Waals surface area contributed by atoms with Crippen LogP contribution in [0.2, 0.25) is 0 Å². The Morgan fingerprint density at radius 2 is 2.06 bits per heavy atom. The predicted octanol–water partition coefficient (Wildman–Crippen LogP) is 2.44. The third kappa shape index (κ3) is 3.13. The van der Waals surface area contributed by atoms with Crippen LogP contribution < -0.4 is 10.6 Å². The van der Waals surface area contributed by atoms with Gasteiger partial charge in [-0.25, -0.2) is 0 Å². The van der Waals surface area contributed by atoms with Crippen molar-refractivity contribution in [3.63, 3.8) is 0 Å². The summed E-state index contributed by atoms with van der Waals surface area (Å²) in [6.45, 7) is 4.94. The highest BCUT2D eigenvalue weighted by Crippen LogP contribution is 2.25. The van der Waals surface area contributed by atoms with Crippen LogP contribution in [0.25, 0.3) is 0 Å². The first-order valence-corrected chi connectivity index (χ1v) is 6.32. The van der Waals surface area contributed by atoms with Crippen molar-refractivity contribution < 1.29 is 4.74 Å². The summed E-state index contributed by atoms with van der Waals surface area (Å²) in [4.78, 5) is 2.27. The van der Waals surface area contributed by atoms with Crippen molar-refractivity contribution in [2.75, 3.05) is 37.4 Å². The zero-order chi connectivity index (χ0) is 12.3. The number of benzene rings is 1. The van der Waals surface area contributed by atoms with E-state index >= 15 is 0 Å². The Hall–Kier alpha value is -1.22. The number of anilines is 2. The van der Waals surface area contributed by atoms with Gasteiger partial charge in [-0.3, -0.25) is 0 Å². The van der Waals surface area contributed by atoms with E-state index in [1.807, 2.05) is 6.07 Å². The first-order chi connectivity index (χ1) is 8.16. The maximum atomic E-state index is 6.06. The molecule has 0 aromatic heterocycles. The second-order valence-electron chi connectivity index (χ2n) is 5.00. The normalized spacial score (nSPS) is 17.1. The van der Waals surface area contributed by atoms with Gasteiger partial charge in [0.05, 0.1) is 11.4 Å². The van der Waals surface area contributed by atoms with Crippen LogP contribution in [0.15, 0.2) is 18.2 Å². The topological polar surface area (TPSA) is 38.5 Å². The van der Waals surface area contributed by atoms with Gasteiger partial charge < -0.3 is 15.4 Å². The lowest BCUT2D eigenvalue weighted by Crippen LogP contribution is -2.29. The summed E-state index contributed by atoms with van der Waals surface area (Å²) in [5.74, 6) is 0.731. The SMILES string of the molecule is Cc1ccc(N(C)CC2CCOCC2)c(N)c1. The van der Waals surface area contributed by atoms with Crippen LogP contribution in [-0.2, 0) is 4.74 Å². The Morgan fingerprint density at radius 3 is 2.71 bits per heavy atom. The average Bonchev–Trinajstić information content (AvgIpc) is 2.30. The number of hydrogen-bond acceptors (Lipinski definition) is 3. The molecule has 2 rings (SSSR count). The summed E-state index contributed by atoms with van der Waals surface area (Å²) in [6.07, 6.45) is 2.33. The third-order valence-electron chi connectivity index (χ3n) is 3.47. The molecule has 0 bridgehead atoms. The molecule has 3 nitrogen and oxygen atoms in total. The Kier molecular flexibility index (Phi) is 3.89. The molecule has 1 fully saturated rings. The van der Waals surface area contributed by atoms with Gasteiger partial charge in [0.2, 0.25) is 0 Å². The second-order valence-corrected chi connectivity index (χ2v) is 5.00. The van der Waals surface area contributed by atoms with E-state index < -0.39 is 0 Å². The molecular formula is C14H22N2O. The average molecular weight is 234 g/mol. The quantitative estimate of drug-likeness (QED) is 0.816. The van der Waals surface area contributed by atoms with E-state index in [4.69, 9.17) is 10.5 Å². The third-order valence-corrected chi connectivity index (χ3v) is 3.47. The minimum atomic E-state index is 0.731. The fourth-order valence-corrected chi connectivity index (χ4v) is 2.44. The molecule has 0 aliphatic carbocycles. The van der Waals surface area contributed by atoms with Crippen LogP contribution in [-0.4, -0.2) is 26.8 Å². The first-order valence-electron chi connectivity index (χ1n) is 6.32. The van der Waals surface area contributed by atoms with Crippen LogP contribution in [0.5, 0.6) is 0 Å². The smallest absolute Gasteiger partial charge is 0.0597 e. The van der Waals surface area contributed by atoms with Gasteiger partial charge in [0.15, 0.2) is 0 Å². The van der Waals surface area contributed by atoms with Gasteiger partial charge in [-0.05, 0) is 43.4 Å². The van der Waals surface area contributed by atoms with E-state index in [0.29, 0.717) is 0 Å². The molecule has 0 unspecified atom stereocenters. The molecular weight excluding hydrogens is 212 g/mol. The highest BCUT2D eigenvalue weighted by atomic mass is 16.5. The van der Waals surface area contributed by atoms with Gasteiger partial charge in [0, 0.05) is 26.8 Å². The first kappa shape index (κ1) is 12.2. The summed E-state index contributed by atoms with van der Waals surface area (Å²) in [5.41, 5.74) is 9.29. The van der Waals surface area contributed by atoms with Crippen molar-refractivity contribution in [1.82, 2.24) is 0 Å². The van der Waals surface area contributed by atoms with Crippen LogP contribution in [0.1, 0.15) is 18.4 Å². The zero-order valence-corrected chi connectivity index (χ0v) is 10.8. The number of aryl methyl sites for hydroxylation is 1. The van der Waals surface area contributed by atoms with E-state index in [9.17, 15) is 0 Å². The molecule has 1 aromatic carbocycles. The molecule has 0 amide bonds. The number of ether oxygens (including phenoxy) is 1. The fourth-order valence-electron chi connectivity index (χ4n) is 2.44. The number of rotatable bonds is 3.